The van der Waals surface area contributed by atoms with Crippen molar-refractivity contribution in [3.8, 4) is 0 Å². The van der Waals surface area contributed by atoms with Crippen molar-refractivity contribution in [2.45, 2.75) is 25.7 Å². The first-order valence-corrected chi connectivity index (χ1v) is 8.76. The largest absolute Gasteiger partial charge is 0.361 e. The number of nitrogens with one attached hydrogen (secondary N) is 1. The number of anilines is 3. The molecule has 0 aliphatic carbocycles. The van der Waals surface area contributed by atoms with Gasteiger partial charge in [0.25, 0.3) is 0 Å². The average molecular weight is 339 g/mol. The van der Waals surface area contributed by atoms with Crippen LogP contribution in [0.5, 0.6) is 0 Å². The van der Waals surface area contributed by atoms with E-state index in [2.05, 4.69) is 20.2 Å². The molecule has 1 fully saturated rings. The standard InChI is InChI=1S/C19H25N5O/c1-23(2)18-16(21-17(25)13-15-9-5-3-6-10-15)14-20-19(22-18)24-11-7-4-8-12-24/h3,5-6,9-10,14H,4,7-8,11-13H2,1-2H3,(H,21,25). The van der Waals surface area contributed by atoms with Crippen LogP contribution in [0.3, 0.4) is 0 Å². The van der Waals surface area contributed by atoms with Crippen molar-refractivity contribution >= 4 is 23.4 Å². The number of rotatable bonds is 5. The van der Waals surface area contributed by atoms with E-state index in [1.807, 2.05) is 49.3 Å². The normalized spacial score (nSPS) is 14.2. The minimum Gasteiger partial charge on any atom is -0.361 e. The van der Waals surface area contributed by atoms with Gasteiger partial charge in [0.1, 0.15) is 5.69 Å². The molecule has 0 atom stereocenters. The van der Waals surface area contributed by atoms with E-state index in [1.165, 1.54) is 19.3 Å². The average Bonchev–Trinajstić information content (AvgIpc) is 2.63. The fraction of sp³-hybridized carbons (Fsp3) is 0.421. The first kappa shape index (κ1) is 17.2. The van der Waals surface area contributed by atoms with Crippen LogP contribution in [0, 0.1) is 0 Å². The van der Waals surface area contributed by atoms with Crippen molar-refractivity contribution < 1.29 is 4.79 Å². The van der Waals surface area contributed by atoms with Crippen LogP contribution in [0.1, 0.15) is 24.8 Å². The van der Waals surface area contributed by atoms with E-state index in [-0.39, 0.29) is 5.91 Å². The fourth-order valence-electron chi connectivity index (χ4n) is 3.01. The predicted octanol–water partition coefficient (Wildman–Crippen LogP) is 2.71. The number of hydrogen-bond donors (Lipinski definition) is 1. The van der Waals surface area contributed by atoms with Crippen molar-refractivity contribution in [3.63, 3.8) is 0 Å². The molecule has 6 nitrogen and oxygen atoms in total. The Morgan fingerprint density at radius 2 is 1.88 bits per heavy atom. The Morgan fingerprint density at radius 3 is 2.56 bits per heavy atom. The number of piperidine rings is 1. The van der Waals surface area contributed by atoms with Crippen LogP contribution in [0.15, 0.2) is 36.5 Å². The monoisotopic (exact) mass is 339 g/mol. The zero-order valence-corrected chi connectivity index (χ0v) is 14.9. The minimum atomic E-state index is -0.0661. The summed E-state index contributed by atoms with van der Waals surface area (Å²) in [4.78, 5) is 25.6. The van der Waals surface area contributed by atoms with Crippen molar-refractivity contribution in [3.05, 3.63) is 42.1 Å². The number of carbonyl (C=O) groups is 1. The Balaban J connectivity index is 1.74. The molecule has 1 aliphatic rings. The van der Waals surface area contributed by atoms with E-state index in [0.717, 1.165) is 30.4 Å². The molecule has 132 valence electrons. The Labute approximate surface area is 148 Å². The molecule has 2 aromatic rings. The van der Waals surface area contributed by atoms with Gasteiger partial charge in [0.15, 0.2) is 5.82 Å². The molecule has 0 radical (unpaired) electrons. The Bertz CT molecular complexity index is 711. The first-order valence-electron chi connectivity index (χ1n) is 8.76. The Hall–Kier alpha value is -2.63. The Morgan fingerprint density at radius 1 is 1.16 bits per heavy atom. The number of carbonyl (C=O) groups excluding carboxylic acids is 1. The fourth-order valence-corrected chi connectivity index (χ4v) is 3.01. The maximum Gasteiger partial charge on any atom is 0.228 e. The molecule has 6 heteroatoms. The lowest BCUT2D eigenvalue weighted by Crippen LogP contribution is -2.31. The highest BCUT2D eigenvalue weighted by molar-refractivity contribution is 5.94. The maximum absolute atomic E-state index is 12.3. The lowest BCUT2D eigenvalue weighted by Gasteiger charge is -2.28. The van der Waals surface area contributed by atoms with Crippen molar-refractivity contribution in [1.82, 2.24) is 9.97 Å². The van der Waals surface area contributed by atoms with Gasteiger partial charge in [0.05, 0.1) is 12.6 Å². The van der Waals surface area contributed by atoms with E-state index in [1.54, 1.807) is 6.20 Å². The third-order valence-electron chi connectivity index (χ3n) is 4.30. The highest BCUT2D eigenvalue weighted by atomic mass is 16.1. The van der Waals surface area contributed by atoms with E-state index < -0.39 is 0 Å². The second-order valence-corrected chi connectivity index (χ2v) is 6.56. The molecule has 1 aliphatic heterocycles. The topological polar surface area (TPSA) is 61.4 Å². The summed E-state index contributed by atoms with van der Waals surface area (Å²) in [6, 6.07) is 9.71. The van der Waals surface area contributed by atoms with Crippen LogP contribution < -0.4 is 15.1 Å². The molecule has 0 saturated carbocycles. The van der Waals surface area contributed by atoms with Crippen molar-refractivity contribution in [2.75, 3.05) is 42.3 Å². The summed E-state index contributed by atoms with van der Waals surface area (Å²) in [5.74, 6) is 1.41. The zero-order valence-electron chi connectivity index (χ0n) is 14.9. The molecule has 1 saturated heterocycles. The summed E-state index contributed by atoms with van der Waals surface area (Å²) in [7, 11) is 3.85. The third kappa shape index (κ3) is 4.47. The molecule has 0 unspecified atom stereocenters. The predicted molar refractivity (Wildman–Crippen MR) is 101 cm³/mol. The van der Waals surface area contributed by atoms with E-state index in [0.29, 0.717) is 12.1 Å². The van der Waals surface area contributed by atoms with Crippen molar-refractivity contribution in [1.29, 1.82) is 0 Å². The van der Waals surface area contributed by atoms with E-state index in [9.17, 15) is 4.79 Å². The summed E-state index contributed by atoms with van der Waals surface area (Å²) in [5, 5.41) is 2.95. The molecule has 1 aromatic heterocycles. The first-order chi connectivity index (χ1) is 12.1. The van der Waals surface area contributed by atoms with E-state index >= 15 is 0 Å². The van der Waals surface area contributed by atoms with Gasteiger partial charge < -0.3 is 15.1 Å². The summed E-state index contributed by atoms with van der Waals surface area (Å²) >= 11 is 0. The SMILES string of the molecule is CN(C)c1nc(N2CCCCC2)ncc1NC(=O)Cc1ccccc1. The van der Waals surface area contributed by atoms with E-state index in [4.69, 9.17) is 0 Å². The Kier molecular flexibility index (Phi) is 5.48. The van der Waals surface area contributed by atoms with Gasteiger partial charge in [-0.25, -0.2) is 4.98 Å². The van der Waals surface area contributed by atoms with Crippen LogP contribution in [0.2, 0.25) is 0 Å². The number of aromatic nitrogens is 2. The van der Waals surface area contributed by atoms with Crippen LogP contribution in [0.4, 0.5) is 17.5 Å². The molecule has 0 bridgehead atoms. The second kappa shape index (κ2) is 7.96. The molecule has 1 amide bonds. The second-order valence-electron chi connectivity index (χ2n) is 6.56. The molecule has 0 spiro atoms. The lowest BCUT2D eigenvalue weighted by molar-refractivity contribution is -0.115. The molecule has 3 rings (SSSR count). The summed E-state index contributed by atoms with van der Waals surface area (Å²) in [6.07, 6.45) is 5.67. The summed E-state index contributed by atoms with van der Waals surface area (Å²) in [6.45, 7) is 1.99. The number of benzene rings is 1. The zero-order chi connectivity index (χ0) is 17.6. The number of nitrogens with zero attached hydrogens (tertiary/aromatic N) is 4. The van der Waals surface area contributed by atoms with Gasteiger partial charge in [-0.05, 0) is 24.8 Å². The van der Waals surface area contributed by atoms with Gasteiger partial charge in [0.2, 0.25) is 11.9 Å². The molecular formula is C19H25N5O. The summed E-state index contributed by atoms with van der Waals surface area (Å²) < 4.78 is 0. The van der Waals surface area contributed by atoms with Gasteiger partial charge in [-0.3, -0.25) is 4.79 Å². The van der Waals surface area contributed by atoms with Crippen LogP contribution in [-0.2, 0) is 11.2 Å². The van der Waals surface area contributed by atoms with Gasteiger partial charge >= 0.3 is 0 Å². The lowest BCUT2D eigenvalue weighted by atomic mass is 10.1. The maximum atomic E-state index is 12.3. The van der Waals surface area contributed by atoms with Gasteiger partial charge in [-0.15, -0.1) is 0 Å². The number of amides is 1. The molecule has 1 aromatic carbocycles. The molecule has 25 heavy (non-hydrogen) atoms. The van der Waals surface area contributed by atoms with Gasteiger partial charge in [0, 0.05) is 27.2 Å². The van der Waals surface area contributed by atoms with Crippen LogP contribution >= 0.6 is 0 Å². The van der Waals surface area contributed by atoms with Crippen molar-refractivity contribution in [2.24, 2.45) is 0 Å². The number of hydrogen-bond acceptors (Lipinski definition) is 5. The summed E-state index contributed by atoms with van der Waals surface area (Å²) in [5.41, 5.74) is 1.63. The van der Waals surface area contributed by atoms with Gasteiger partial charge in [-0.1, -0.05) is 30.3 Å². The van der Waals surface area contributed by atoms with Gasteiger partial charge in [-0.2, -0.15) is 4.98 Å². The molecular weight excluding hydrogens is 314 g/mol. The quantitative estimate of drug-likeness (QED) is 0.907. The third-order valence-corrected chi connectivity index (χ3v) is 4.30. The van der Waals surface area contributed by atoms with Crippen LogP contribution in [-0.4, -0.2) is 43.1 Å². The molecule has 2 heterocycles. The van der Waals surface area contributed by atoms with Crippen LogP contribution in [0.25, 0.3) is 0 Å². The molecule has 1 N–H and O–H groups in total. The minimum absolute atomic E-state index is 0.0661. The highest BCUT2D eigenvalue weighted by Gasteiger charge is 2.17. The highest BCUT2D eigenvalue weighted by Crippen LogP contribution is 2.25. The smallest absolute Gasteiger partial charge is 0.228 e.